The van der Waals surface area contributed by atoms with Gasteiger partial charge in [-0.2, -0.15) is 0 Å². The van der Waals surface area contributed by atoms with E-state index in [1.54, 1.807) is 6.07 Å². The van der Waals surface area contributed by atoms with E-state index in [4.69, 9.17) is 19.7 Å². The monoisotopic (exact) mass is 406 g/mol. The minimum absolute atomic E-state index is 0.133. The Morgan fingerprint density at radius 2 is 2.07 bits per heavy atom. The molecule has 1 aromatic carbocycles. The summed E-state index contributed by atoms with van der Waals surface area (Å²) in [5.41, 5.74) is 2.18. The van der Waals surface area contributed by atoms with Crippen molar-refractivity contribution < 1.29 is 34.4 Å². The van der Waals surface area contributed by atoms with Gasteiger partial charge in [-0.1, -0.05) is 19.1 Å². The van der Waals surface area contributed by atoms with Crippen LogP contribution in [0.15, 0.2) is 18.2 Å². The zero-order valence-electron chi connectivity index (χ0n) is 16.8. The van der Waals surface area contributed by atoms with E-state index in [9.17, 15) is 14.7 Å². The molecule has 0 aromatic heterocycles. The number of aliphatic hydroxyl groups is 2. The van der Waals surface area contributed by atoms with Gasteiger partial charge in [-0.15, -0.1) is 0 Å². The number of carboxylic acids is 1. The number of hydrogen-bond donors (Lipinski definition) is 3. The van der Waals surface area contributed by atoms with Crippen LogP contribution in [0.2, 0.25) is 0 Å². The van der Waals surface area contributed by atoms with Crippen LogP contribution in [0.4, 0.5) is 0 Å². The Kier molecular flexibility index (Phi) is 7.14. The Bertz CT molecular complexity index is 732. The first-order valence-corrected chi connectivity index (χ1v) is 10.4. The molecular weight excluding hydrogens is 376 g/mol. The minimum Gasteiger partial charge on any atom is -0.482 e. The van der Waals surface area contributed by atoms with Crippen LogP contribution in [0.3, 0.4) is 0 Å². The smallest absolute Gasteiger partial charge is 0.341 e. The average Bonchev–Trinajstić information content (AvgIpc) is 3.04. The van der Waals surface area contributed by atoms with E-state index < -0.39 is 18.5 Å². The second-order valence-corrected chi connectivity index (χ2v) is 8.13. The lowest BCUT2D eigenvalue weighted by molar-refractivity contribution is -0.154. The Labute approximate surface area is 170 Å². The van der Waals surface area contributed by atoms with Crippen molar-refractivity contribution in [1.82, 2.24) is 0 Å². The van der Waals surface area contributed by atoms with E-state index in [1.807, 2.05) is 19.1 Å². The fourth-order valence-corrected chi connectivity index (χ4v) is 4.98. The van der Waals surface area contributed by atoms with Gasteiger partial charge >= 0.3 is 11.9 Å². The quantitative estimate of drug-likeness (QED) is 0.537. The summed E-state index contributed by atoms with van der Waals surface area (Å²) in [5.74, 6) is -0.277. The summed E-state index contributed by atoms with van der Waals surface area (Å²) >= 11 is 0. The third-order valence-corrected chi connectivity index (χ3v) is 6.39. The van der Waals surface area contributed by atoms with Crippen LogP contribution < -0.4 is 4.74 Å². The summed E-state index contributed by atoms with van der Waals surface area (Å²) in [6, 6.07) is 5.73. The minimum atomic E-state index is -1.01. The fraction of sp³-hybridized carbons (Fsp3) is 0.636. The largest absolute Gasteiger partial charge is 0.482 e. The van der Waals surface area contributed by atoms with Crippen LogP contribution in [-0.2, 0) is 27.2 Å². The Balaban J connectivity index is 1.79. The molecule has 1 fully saturated rings. The standard InChI is InChI=1S/C22H30O7/c1-2-15(24)6-7-16-17-8-13-4-3-5-19(28-12-21(25)26)18(13)9-14(17)10-20(16)29-22(27)11-23/h3-5,14-17,20,23-24H,2,6-12H2,1H3,(H,25,26)/t14-,15-,16+,17-,20+/m0/s1. The van der Waals surface area contributed by atoms with Crippen molar-refractivity contribution >= 4 is 11.9 Å². The lowest BCUT2D eigenvalue weighted by atomic mass is 9.73. The van der Waals surface area contributed by atoms with Gasteiger partial charge in [0.15, 0.2) is 6.61 Å². The second kappa shape index (κ2) is 9.59. The summed E-state index contributed by atoms with van der Waals surface area (Å²) in [7, 11) is 0. The molecule has 0 radical (unpaired) electrons. The molecule has 2 aliphatic rings. The lowest BCUT2D eigenvalue weighted by Crippen LogP contribution is -2.30. The molecule has 0 unspecified atom stereocenters. The molecular formula is C22H30O7. The fourth-order valence-electron chi connectivity index (χ4n) is 4.98. The van der Waals surface area contributed by atoms with Gasteiger partial charge in [0.05, 0.1) is 6.10 Å². The Morgan fingerprint density at radius 1 is 1.28 bits per heavy atom. The highest BCUT2D eigenvalue weighted by molar-refractivity contribution is 5.70. The Hall–Kier alpha value is -2.12. The molecule has 0 saturated heterocycles. The van der Waals surface area contributed by atoms with E-state index in [2.05, 4.69) is 0 Å². The molecule has 0 aliphatic heterocycles. The zero-order valence-corrected chi connectivity index (χ0v) is 16.8. The predicted molar refractivity (Wildman–Crippen MR) is 105 cm³/mol. The molecule has 5 atom stereocenters. The normalized spacial score (nSPS) is 26.3. The summed E-state index contributed by atoms with van der Waals surface area (Å²) in [6.07, 6.45) is 3.74. The number of aliphatic carboxylic acids is 1. The predicted octanol–water partition coefficient (Wildman–Crippen LogP) is 1.96. The van der Waals surface area contributed by atoms with E-state index in [0.717, 1.165) is 30.4 Å². The number of benzene rings is 1. The number of carboxylic acid groups (broad SMARTS) is 1. The summed E-state index contributed by atoms with van der Waals surface area (Å²) in [4.78, 5) is 22.6. The zero-order chi connectivity index (χ0) is 21.0. The van der Waals surface area contributed by atoms with Gasteiger partial charge in [0.25, 0.3) is 0 Å². The number of hydrogen-bond acceptors (Lipinski definition) is 6. The van der Waals surface area contributed by atoms with Gasteiger partial charge in [0.2, 0.25) is 0 Å². The first-order valence-electron chi connectivity index (χ1n) is 10.4. The van der Waals surface area contributed by atoms with E-state index in [-0.39, 0.29) is 30.7 Å². The van der Waals surface area contributed by atoms with Crippen molar-refractivity contribution in [2.24, 2.45) is 17.8 Å². The molecule has 0 spiro atoms. The average molecular weight is 406 g/mol. The van der Waals surface area contributed by atoms with Crippen LogP contribution in [0.1, 0.15) is 43.7 Å². The van der Waals surface area contributed by atoms with Crippen molar-refractivity contribution in [1.29, 1.82) is 0 Å². The number of rotatable bonds is 9. The van der Waals surface area contributed by atoms with E-state index in [0.29, 0.717) is 30.9 Å². The molecule has 29 heavy (non-hydrogen) atoms. The maximum absolute atomic E-state index is 11.7. The summed E-state index contributed by atoms with van der Waals surface area (Å²) in [6.45, 7) is 0.934. The molecule has 7 heteroatoms. The van der Waals surface area contributed by atoms with Gasteiger partial charge < -0.3 is 24.8 Å². The third kappa shape index (κ3) is 5.08. The molecule has 1 saturated carbocycles. The lowest BCUT2D eigenvalue weighted by Gasteiger charge is -2.32. The van der Waals surface area contributed by atoms with Crippen LogP contribution in [0.25, 0.3) is 0 Å². The number of fused-ring (bicyclic) bond motifs is 2. The van der Waals surface area contributed by atoms with E-state index in [1.165, 1.54) is 0 Å². The highest BCUT2D eigenvalue weighted by atomic mass is 16.6. The van der Waals surface area contributed by atoms with Crippen LogP contribution in [-0.4, -0.2) is 52.7 Å². The molecule has 3 rings (SSSR count). The Morgan fingerprint density at radius 3 is 2.76 bits per heavy atom. The van der Waals surface area contributed by atoms with Crippen LogP contribution >= 0.6 is 0 Å². The van der Waals surface area contributed by atoms with Gasteiger partial charge in [0, 0.05) is 0 Å². The highest BCUT2D eigenvalue weighted by Gasteiger charge is 2.47. The van der Waals surface area contributed by atoms with Crippen LogP contribution in [0.5, 0.6) is 5.75 Å². The van der Waals surface area contributed by atoms with Crippen molar-refractivity contribution in [2.45, 2.75) is 57.7 Å². The summed E-state index contributed by atoms with van der Waals surface area (Å²) in [5, 5.41) is 28.0. The number of carbonyl (C=O) groups is 2. The maximum atomic E-state index is 11.7. The SMILES string of the molecule is CC[C@H](O)CC[C@@H]1[C@H]2Cc3cccc(OCC(=O)O)c3C[C@H]2C[C@H]1OC(=O)CO. The van der Waals surface area contributed by atoms with Crippen molar-refractivity contribution in [3.8, 4) is 5.75 Å². The van der Waals surface area contributed by atoms with Crippen LogP contribution in [0, 0.1) is 17.8 Å². The van der Waals surface area contributed by atoms with Gasteiger partial charge in [-0.05, 0) is 73.5 Å². The van der Waals surface area contributed by atoms with Gasteiger partial charge in [0.1, 0.15) is 18.5 Å². The van der Waals surface area contributed by atoms with Gasteiger partial charge in [-0.25, -0.2) is 9.59 Å². The molecule has 2 aliphatic carbocycles. The first kappa shape index (κ1) is 21.6. The number of aliphatic hydroxyl groups excluding tert-OH is 2. The maximum Gasteiger partial charge on any atom is 0.341 e. The molecule has 3 N–H and O–H groups in total. The molecule has 0 amide bonds. The van der Waals surface area contributed by atoms with Crippen molar-refractivity contribution in [2.75, 3.05) is 13.2 Å². The molecule has 7 nitrogen and oxygen atoms in total. The molecule has 1 aromatic rings. The molecule has 0 heterocycles. The topological polar surface area (TPSA) is 113 Å². The van der Waals surface area contributed by atoms with Gasteiger partial charge in [-0.3, -0.25) is 0 Å². The first-order chi connectivity index (χ1) is 13.9. The third-order valence-electron chi connectivity index (χ3n) is 6.39. The number of esters is 1. The second-order valence-electron chi connectivity index (χ2n) is 8.13. The molecule has 160 valence electrons. The van der Waals surface area contributed by atoms with E-state index >= 15 is 0 Å². The van der Waals surface area contributed by atoms with Crippen molar-refractivity contribution in [3.63, 3.8) is 0 Å². The summed E-state index contributed by atoms with van der Waals surface area (Å²) < 4.78 is 11.1. The van der Waals surface area contributed by atoms with Crippen molar-refractivity contribution in [3.05, 3.63) is 29.3 Å². The number of carbonyl (C=O) groups excluding carboxylic acids is 1. The number of ether oxygens (including phenoxy) is 2. The molecule has 0 bridgehead atoms. The highest BCUT2D eigenvalue weighted by Crippen LogP contribution is 2.49.